The van der Waals surface area contributed by atoms with E-state index in [1.807, 2.05) is 12.1 Å². The number of H-pyrrole nitrogens is 1. The van der Waals surface area contributed by atoms with Crippen molar-refractivity contribution in [3.63, 3.8) is 0 Å². The van der Waals surface area contributed by atoms with Crippen molar-refractivity contribution in [3.8, 4) is 11.5 Å². The van der Waals surface area contributed by atoms with Crippen LogP contribution in [0.5, 0.6) is 11.5 Å². The molecule has 3 heterocycles. The van der Waals surface area contributed by atoms with E-state index in [1.54, 1.807) is 32.1 Å². The number of benzene rings is 2. The average Bonchev–Trinajstić information content (AvgIpc) is 3.41. The third kappa shape index (κ3) is 5.32. The van der Waals surface area contributed by atoms with Gasteiger partial charge in [0.15, 0.2) is 17.3 Å². The minimum Gasteiger partial charge on any atom is -0.493 e. The highest BCUT2D eigenvalue weighted by Crippen LogP contribution is 2.34. The molecule has 0 saturated carbocycles. The van der Waals surface area contributed by atoms with Crippen molar-refractivity contribution in [1.82, 2.24) is 30.1 Å². The van der Waals surface area contributed by atoms with Gasteiger partial charge in [-0.15, -0.1) is 5.10 Å². The molecule has 4 aromatic rings. The molecule has 1 aliphatic rings. The van der Waals surface area contributed by atoms with Gasteiger partial charge in [-0.25, -0.2) is 4.68 Å². The van der Waals surface area contributed by atoms with Gasteiger partial charge in [0, 0.05) is 56.0 Å². The van der Waals surface area contributed by atoms with Gasteiger partial charge in [0.25, 0.3) is 5.56 Å². The van der Waals surface area contributed by atoms with Gasteiger partial charge < -0.3 is 24.1 Å². The summed E-state index contributed by atoms with van der Waals surface area (Å²) in [6, 6.07) is 11.7. The summed E-state index contributed by atoms with van der Waals surface area (Å²) in [4.78, 5) is 21.3. The van der Waals surface area contributed by atoms with Crippen molar-refractivity contribution in [1.29, 1.82) is 0 Å². The predicted molar refractivity (Wildman–Crippen MR) is 149 cm³/mol. The van der Waals surface area contributed by atoms with Gasteiger partial charge in [-0.05, 0) is 53.6 Å². The van der Waals surface area contributed by atoms with Crippen LogP contribution in [-0.4, -0.2) is 84.2 Å². The fourth-order valence-corrected chi connectivity index (χ4v) is 5.28. The predicted octanol–water partition coefficient (Wildman–Crippen LogP) is 2.71. The van der Waals surface area contributed by atoms with E-state index in [4.69, 9.17) is 14.2 Å². The summed E-state index contributed by atoms with van der Waals surface area (Å²) in [7, 11) is 4.81. The molecule has 2 aromatic carbocycles. The molecule has 0 amide bonds. The van der Waals surface area contributed by atoms with Crippen molar-refractivity contribution in [2.24, 2.45) is 0 Å². The standard InChI is InChI=1S/C28H35N7O4/c1-18-6-7-19(2)23(14-18)33-8-10-34(11-9-33)26(27-30-31-32-35(27)12-13-37-3)21-15-20-16-24(38-4)25(39-5)17-22(20)29-28(21)36/h6-7,14-17,26H,8-13H2,1-5H3,(H,29,36)/t26-/m0/s1. The Morgan fingerprint density at radius 3 is 2.44 bits per heavy atom. The van der Waals surface area contributed by atoms with Crippen LogP contribution in [0.25, 0.3) is 10.9 Å². The normalized spacial score (nSPS) is 15.1. The monoisotopic (exact) mass is 533 g/mol. The van der Waals surface area contributed by atoms with Crippen LogP contribution in [0, 0.1) is 13.8 Å². The van der Waals surface area contributed by atoms with Crippen LogP contribution < -0.4 is 19.9 Å². The molecular weight excluding hydrogens is 498 g/mol. The number of hydrogen-bond acceptors (Lipinski definition) is 9. The molecular formula is C28H35N7O4. The molecule has 39 heavy (non-hydrogen) atoms. The number of ether oxygens (including phenoxy) is 3. The zero-order chi connectivity index (χ0) is 27.5. The third-order valence-electron chi connectivity index (χ3n) is 7.37. The minimum absolute atomic E-state index is 0.196. The van der Waals surface area contributed by atoms with E-state index < -0.39 is 6.04 Å². The number of nitrogens with one attached hydrogen (secondary N) is 1. The Balaban J connectivity index is 1.55. The molecule has 1 atom stereocenters. The van der Waals surface area contributed by atoms with Gasteiger partial charge in [-0.2, -0.15) is 0 Å². The fourth-order valence-electron chi connectivity index (χ4n) is 5.28. The molecule has 1 aliphatic heterocycles. The van der Waals surface area contributed by atoms with Crippen LogP contribution in [0.1, 0.15) is 28.6 Å². The Morgan fingerprint density at radius 1 is 0.974 bits per heavy atom. The molecule has 1 saturated heterocycles. The van der Waals surface area contributed by atoms with Crippen molar-refractivity contribution in [2.75, 3.05) is 59.0 Å². The number of nitrogens with zero attached hydrogens (tertiary/aromatic N) is 6. The Morgan fingerprint density at radius 2 is 1.72 bits per heavy atom. The highest BCUT2D eigenvalue weighted by Gasteiger charge is 2.33. The van der Waals surface area contributed by atoms with E-state index >= 15 is 0 Å². The summed E-state index contributed by atoms with van der Waals surface area (Å²) in [5.41, 5.74) is 4.79. The number of rotatable bonds is 9. The minimum atomic E-state index is -0.446. The molecule has 1 N–H and O–H groups in total. The fraction of sp³-hybridized carbons (Fsp3) is 0.429. The summed E-state index contributed by atoms with van der Waals surface area (Å²) in [6.07, 6.45) is 0. The number of pyridine rings is 1. The molecule has 0 aliphatic carbocycles. The lowest BCUT2D eigenvalue weighted by Gasteiger charge is -2.40. The maximum absolute atomic E-state index is 13.6. The Labute approximate surface area is 227 Å². The Bertz CT molecular complexity index is 1510. The first-order chi connectivity index (χ1) is 18.9. The number of aromatic nitrogens is 5. The number of anilines is 1. The highest BCUT2D eigenvalue weighted by atomic mass is 16.5. The molecule has 0 bridgehead atoms. The quantitative estimate of drug-likeness (QED) is 0.347. The number of hydrogen-bond donors (Lipinski definition) is 1. The lowest BCUT2D eigenvalue weighted by atomic mass is 10.0. The maximum atomic E-state index is 13.6. The van der Waals surface area contributed by atoms with Crippen molar-refractivity contribution in [2.45, 2.75) is 26.4 Å². The summed E-state index contributed by atoms with van der Waals surface area (Å²) in [5.74, 6) is 1.75. The molecule has 1 fully saturated rings. The second kappa shape index (κ2) is 11.4. The van der Waals surface area contributed by atoms with Gasteiger partial charge in [0.05, 0.1) is 32.9 Å². The zero-order valence-corrected chi connectivity index (χ0v) is 23.1. The largest absolute Gasteiger partial charge is 0.493 e. The van der Waals surface area contributed by atoms with E-state index in [2.05, 4.69) is 62.4 Å². The second-order valence-corrected chi connectivity index (χ2v) is 9.82. The van der Waals surface area contributed by atoms with Gasteiger partial charge in [-0.1, -0.05) is 12.1 Å². The highest BCUT2D eigenvalue weighted by molar-refractivity contribution is 5.83. The molecule has 2 aromatic heterocycles. The van der Waals surface area contributed by atoms with Crippen molar-refractivity contribution >= 4 is 16.6 Å². The number of piperazine rings is 1. The molecule has 0 radical (unpaired) electrons. The average molecular weight is 534 g/mol. The molecule has 0 unspecified atom stereocenters. The maximum Gasteiger partial charge on any atom is 0.253 e. The lowest BCUT2D eigenvalue weighted by Crippen LogP contribution is -2.49. The summed E-state index contributed by atoms with van der Waals surface area (Å²) >= 11 is 0. The topological polar surface area (TPSA) is 111 Å². The smallest absolute Gasteiger partial charge is 0.253 e. The van der Waals surface area contributed by atoms with Crippen molar-refractivity contribution < 1.29 is 14.2 Å². The number of tetrazole rings is 1. The number of aryl methyl sites for hydroxylation is 2. The Hall–Kier alpha value is -3.96. The first-order valence-electron chi connectivity index (χ1n) is 13.0. The van der Waals surface area contributed by atoms with Crippen LogP contribution in [-0.2, 0) is 11.3 Å². The van der Waals surface area contributed by atoms with E-state index in [0.717, 1.165) is 31.6 Å². The van der Waals surface area contributed by atoms with E-state index in [1.165, 1.54) is 16.8 Å². The van der Waals surface area contributed by atoms with Gasteiger partial charge in [0.2, 0.25) is 0 Å². The summed E-state index contributed by atoms with van der Waals surface area (Å²) < 4.78 is 18.0. The third-order valence-corrected chi connectivity index (χ3v) is 7.37. The van der Waals surface area contributed by atoms with Gasteiger partial charge in [0.1, 0.15) is 6.04 Å². The molecule has 11 heteroatoms. The molecule has 5 rings (SSSR count). The molecule has 0 spiro atoms. The van der Waals surface area contributed by atoms with E-state index in [9.17, 15) is 4.79 Å². The number of fused-ring (bicyclic) bond motifs is 1. The number of aromatic amines is 1. The molecule has 11 nitrogen and oxygen atoms in total. The first kappa shape index (κ1) is 26.6. The van der Waals surface area contributed by atoms with Crippen LogP contribution in [0.3, 0.4) is 0 Å². The molecule has 206 valence electrons. The van der Waals surface area contributed by atoms with Crippen LogP contribution >= 0.6 is 0 Å². The van der Waals surface area contributed by atoms with E-state index in [0.29, 0.717) is 41.6 Å². The van der Waals surface area contributed by atoms with Crippen LogP contribution in [0.4, 0.5) is 5.69 Å². The number of methoxy groups -OCH3 is 3. The summed E-state index contributed by atoms with van der Waals surface area (Å²) in [6.45, 7) is 8.30. The van der Waals surface area contributed by atoms with Gasteiger partial charge in [-0.3, -0.25) is 9.69 Å². The first-order valence-corrected chi connectivity index (χ1v) is 13.0. The summed E-state index contributed by atoms with van der Waals surface area (Å²) in [5, 5.41) is 13.4. The van der Waals surface area contributed by atoms with Crippen LogP contribution in [0.15, 0.2) is 41.2 Å². The van der Waals surface area contributed by atoms with Gasteiger partial charge >= 0.3 is 0 Å². The van der Waals surface area contributed by atoms with Crippen LogP contribution in [0.2, 0.25) is 0 Å². The Kier molecular flexibility index (Phi) is 7.80. The SMILES string of the molecule is COCCn1nnnc1[C@H](c1cc2cc(OC)c(OC)cc2[nH]c1=O)N1CCN(c2cc(C)ccc2C)CC1. The van der Waals surface area contributed by atoms with Crippen molar-refractivity contribution in [3.05, 3.63) is 69.3 Å². The zero-order valence-electron chi connectivity index (χ0n) is 23.1. The lowest BCUT2D eigenvalue weighted by molar-refractivity contribution is 0.171. The van der Waals surface area contributed by atoms with E-state index in [-0.39, 0.29) is 5.56 Å². The second-order valence-electron chi connectivity index (χ2n) is 9.82.